The molecule has 1 atom stereocenters. The number of hydrogen-bond donors (Lipinski definition) is 1. The van der Waals surface area contributed by atoms with Crippen molar-refractivity contribution in [2.45, 2.75) is 77.0 Å². The first-order valence-electron chi connectivity index (χ1n) is 10.5. The summed E-state index contributed by atoms with van der Waals surface area (Å²) in [5, 5.41) is 12.4. The maximum atomic E-state index is 12.6. The summed E-state index contributed by atoms with van der Waals surface area (Å²) in [6, 6.07) is 2.09. The highest BCUT2D eigenvalue weighted by Crippen LogP contribution is 2.26. The average molecular weight is 407 g/mol. The van der Waals surface area contributed by atoms with Crippen LogP contribution in [0.25, 0.3) is 0 Å². The largest absolute Gasteiger partial charge is 0.459 e. The van der Waals surface area contributed by atoms with Crippen molar-refractivity contribution < 1.29 is 19.1 Å². The molecule has 1 aliphatic heterocycles. The van der Waals surface area contributed by atoms with Crippen molar-refractivity contribution in [1.82, 2.24) is 15.1 Å². The molecule has 0 unspecified atom stereocenters. The van der Waals surface area contributed by atoms with E-state index in [1.54, 1.807) is 32.7 Å². The van der Waals surface area contributed by atoms with Crippen LogP contribution in [0.3, 0.4) is 0 Å². The minimum Gasteiger partial charge on any atom is -0.459 e. The van der Waals surface area contributed by atoms with Crippen LogP contribution in [0.5, 0.6) is 0 Å². The van der Waals surface area contributed by atoms with Gasteiger partial charge in [0.1, 0.15) is 18.2 Å². The molecule has 0 bridgehead atoms. The maximum absolute atomic E-state index is 12.6. The standard InChI is InChI=1S/C21H34N4O4/c1-21(2,3)29-19(27)14-24(4)20(28)15-7-9-16(10-8-15)23-13-18(26)25-11-5-6-17(25)12-22/h15-17,23H,5-11,13-14H2,1-4H3/t15?,16?,17-/m0/s1. The van der Waals surface area contributed by atoms with Crippen LogP contribution in [0.15, 0.2) is 0 Å². The van der Waals surface area contributed by atoms with Crippen molar-refractivity contribution in [2.24, 2.45) is 5.92 Å². The molecule has 2 amide bonds. The van der Waals surface area contributed by atoms with E-state index < -0.39 is 11.6 Å². The zero-order valence-electron chi connectivity index (χ0n) is 18.1. The van der Waals surface area contributed by atoms with Crippen LogP contribution >= 0.6 is 0 Å². The molecule has 1 saturated heterocycles. The highest BCUT2D eigenvalue weighted by atomic mass is 16.6. The Hall–Kier alpha value is -2.14. The molecule has 162 valence electrons. The average Bonchev–Trinajstić information content (AvgIpc) is 3.13. The Morgan fingerprint density at radius 1 is 1.17 bits per heavy atom. The van der Waals surface area contributed by atoms with Crippen molar-refractivity contribution in [3.8, 4) is 6.07 Å². The van der Waals surface area contributed by atoms with E-state index in [9.17, 15) is 14.4 Å². The predicted octanol–water partition coefficient (Wildman–Crippen LogP) is 1.45. The summed E-state index contributed by atoms with van der Waals surface area (Å²) >= 11 is 0. The molecule has 0 aromatic rings. The van der Waals surface area contributed by atoms with Crippen LogP contribution in [-0.2, 0) is 19.1 Å². The van der Waals surface area contributed by atoms with E-state index >= 15 is 0 Å². The van der Waals surface area contributed by atoms with Crippen molar-refractivity contribution in [1.29, 1.82) is 5.26 Å². The van der Waals surface area contributed by atoms with Crippen molar-refractivity contribution in [2.75, 3.05) is 26.7 Å². The van der Waals surface area contributed by atoms with Crippen LogP contribution in [0.4, 0.5) is 0 Å². The van der Waals surface area contributed by atoms with E-state index in [2.05, 4.69) is 11.4 Å². The third kappa shape index (κ3) is 7.00. The van der Waals surface area contributed by atoms with Gasteiger partial charge in [0.05, 0.1) is 12.6 Å². The number of esters is 1. The topological polar surface area (TPSA) is 103 Å². The molecule has 2 rings (SSSR count). The SMILES string of the molecule is CN(CC(=O)OC(C)(C)C)C(=O)C1CCC(NCC(=O)N2CCC[C@H]2C#N)CC1. The van der Waals surface area contributed by atoms with Crippen LogP contribution in [0, 0.1) is 17.2 Å². The second-order valence-corrected chi connectivity index (χ2v) is 9.08. The molecule has 1 heterocycles. The lowest BCUT2D eigenvalue weighted by atomic mass is 9.85. The molecule has 0 aromatic carbocycles. The van der Waals surface area contributed by atoms with Gasteiger partial charge in [0.2, 0.25) is 11.8 Å². The van der Waals surface area contributed by atoms with E-state index in [0.717, 1.165) is 38.5 Å². The number of likely N-dealkylation sites (tertiary alicyclic amines) is 1. The molecule has 0 radical (unpaired) electrons. The van der Waals surface area contributed by atoms with E-state index in [4.69, 9.17) is 10.00 Å². The first-order valence-corrected chi connectivity index (χ1v) is 10.5. The number of nitrogens with zero attached hydrogens (tertiary/aromatic N) is 3. The summed E-state index contributed by atoms with van der Waals surface area (Å²) in [6.45, 7) is 6.25. The highest BCUT2D eigenvalue weighted by molar-refractivity contribution is 5.83. The fourth-order valence-corrected chi connectivity index (χ4v) is 4.03. The number of nitrogens with one attached hydrogen (secondary N) is 1. The smallest absolute Gasteiger partial charge is 0.326 e. The Labute approximate surface area is 173 Å². The summed E-state index contributed by atoms with van der Waals surface area (Å²) in [4.78, 5) is 40.0. The number of carbonyl (C=O) groups is 3. The Morgan fingerprint density at radius 3 is 2.41 bits per heavy atom. The quantitative estimate of drug-likeness (QED) is 0.670. The summed E-state index contributed by atoms with van der Waals surface area (Å²) in [5.74, 6) is -0.554. The Balaban J connectivity index is 1.71. The fraction of sp³-hybridized carbons (Fsp3) is 0.810. The lowest BCUT2D eigenvalue weighted by Gasteiger charge is -2.31. The van der Waals surface area contributed by atoms with Crippen LogP contribution < -0.4 is 5.32 Å². The minimum absolute atomic E-state index is 0.0238. The van der Waals surface area contributed by atoms with Crippen molar-refractivity contribution >= 4 is 17.8 Å². The van der Waals surface area contributed by atoms with Crippen LogP contribution in [0.2, 0.25) is 0 Å². The Morgan fingerprint density at radius 2 is 1.83 bits per heavy atom. The number of hydrogen-bond acceptors (Lipinski definition) is 6. The molecule has 0 spiro atoms. The van der Waals surface area contributed by atoms with Gasteiger partial charge in [0, 0.05) is 25.6 Å². The lowest BCUT2D eigenvalue weighted by Crippen LogP contribution is -2.45. The normalized spacial score (nSPS) is 24.7. The second kappa shape index (κ2) is 10.1. The van der Waals surface area contributed by atoms with E-state index in [1.807, 2.05) is 0 Å². The van der Waals surface area contributed by atoms with Gasteiger partial charge < -0.3 is 19.9 Å². The molecule has 1 aliphatic carbocycles. The maximum Gasteiger partial charge on any atom is 0.326 e. The van der Waals surface area contributed by atoms with Crippen molar-refractivity contribution in [3.63, 3.8) is 0 Å². The molecule has 1 saturated carbocycles. The zero-order valence-corrected chi connectivity index (χ0v) is 18.1. The van der Waals surface area contributed by atoms with Gasteiger partial charge in [-0.05, 0) is 59.3 Å². The van der Waals surface area contributed by atoms with Gasteiger partial charge in [-0.3, -0.25) is 14.4 Å². The summed E-state index contributed by atoms with van der Waals surface area (Å²) in [5.41, 5.74) is -0.565. The van der Waals surface area contributed by atoms with E-state index in [0.29, 0.717) is 6.54 Å². The molecular weight excluding hydrogens is 372 g/mol. The van der Waals surface area contributed by atoms with Gasteiger partial charge in [-0.25, -0.2) is 0 Å². The second-order valence-electron chi connectivity index (χ2n) is 9.08. The highest BCUT2D eigenvalue weighted by Gasteiger charge is 2.31. The molecular formula is C21H34N4O4. The molecule has 29 heavy (non-hydrogen) atoms. The summed E-state index contributed by atoms with van der Waals surface area (Å²) < 4.78 is 5.28. The first kappa shape index (κ1) is 23.1. The van der Waals surface area contributed by atoms with E-state index in [1.165, 1.54) is 4.90 Å². The lowest BCUT2D eigenvalue weighted by molar-refractivity contribution is -0.159. The zero-order chi connectivity index (χ0) is 21.6. The number of likely N-dealkylation sites (N-methyl/N-ethyl adjacent to an activating group) is 1. The van der Waals surface area contributed by atoms with Crippen molar-refractivity contribution in [3.05, 3.63) is 0 Å². The summed E-state index contributed by atoms with van der Waals surface area (Å²) in [7, 11) is 1.64. The van der Waals surface area contributed by atoms with Crippen LogP contribution in [0.1, 0.15) is 59.3 Å². The molecule has 2 fully saturated rings. The molecule has 0 aromatic heterocycles. The number of ether oxygens (including phenoxy) is 1. The Bertz CT molecular complexity index is 644. The third-order valence-electron chi connectivity index (χ3n) is 5.50. The van der Waals surface area contributed by atoms with Gasteiger partial charge in [-0.2, -0.15) is 5.26 Å². The predicted molar refractivity (Wildman–Crippen MR) is 108 cm³/mol. The molecule has 8 nitrogen and oxygen atoms in total. The Kier molecular flexibility index (Phi) is 8.03. The van der Waals surface area contributed by atoms with Gasteiger partial charge in [0.25, 0.3) is 0 Å². The molecule has 1 N–H and O–H groups in total. The monoisotopic (exact) mass is 406 g/mol. The number of carbonyl (C=O) groups excluding carboxylic acids is 3. The minimum atomic E-state index is -0.565. The molecule has 8 heteroatoms. The number of rotatable bonds is 6. The molecule has 2 aliphatic rings. The summed E-state index contributed by atoms with van der Waals surface area (Å²) in [6.07, 6.45) is 4.72. The van der Waals surface area contributed by atoms with Gasteiger partial charge in [-0.15, -0.1) is 0 Å². The number of amides is 2. The third-order valence-corrected chi connectivity index (χ3v) is 5.50. The van der Waals surface area contributed by atoms with Gasteiger partial charge >= 0.3 is 5.97 Å². The fourth-order valence-electron chi connectivity index (χ4n) is 4.03. The van der Waals surface area contributed by atoms with Gasteiger partial charge in [0.15, 0.2) is 0 Å². The van der Waals surface area contributed by atoms with Crippen LogP contribution in [-0.4, -0.2) is 72.0 Å². The van der Waals surface area contributed by atoms with E-state index in [-0.39, 0.29) is 42.9 Å². The first-order chi connectivity index (χ1) is 13.6. The van der Waals surface area contributed by atoms with Gasteiger partial charge in [-0.1, -0.05) is 0 Å². The number of nitriles is 1.